The maximum Gasteiger partial charge on any atom is 0.255 e. The van der Waals surface area contributed by atoms with Crippen molar-refractivity contribution in [2.75, 3.05) is 26.2 Å². The number of hydrogen-bond acceptors (Lipinski definition) is 5. The number of nitrogens with zero attached hydrogens (tertiary/aromatic N) is 4. The van der Waals surface area contributed by atoms with E-state index in [1.54, 1.807) is 24.3 Å². The number of carbonyl (C=O) groups excluding carboxylic acids is 1. The molecule has 7 heteroatoms. The molecule has 7 nitrogen and oxygen atoms in total. The smallest absolute Gasteiger partial charge is 0.255 e. The number of pyridine rings is 1. The summed E-state index contributed by atoms with van der Waals surface area (Å²) in [5.74, 6) is 0.198. The molecule has 2 aliphatic rings. The fourth-order valence-corrected chi connectivity index (χ4v) is 4.06. The summed E-state index contributed by atoms with van der Waals surface area (Å²) in [5, 5.41) is 17.6. The minimum atomic E-state index is 0.00405. The summed E-state index contributed by atoms with van der Waals surface area (Å²) in [5.41, 5.74) is 4.73. The van der Waals surface area contributed by atoms with Crippen LogP contribution in [0.25, 0.3) is 22.3 Å². The van der Waals surface area contributed by atoms with Crippen LogP contribution in [-0.4, -0.2) is 62.2 Å². The lowest BCUT2D eigenvalue weighted by molar-refractivity contribution is 0.0710. The maximum atomic E-state index is 13.5. The summed E-state index contributed by atoms with van der Waals surface area (Å²) in [6, 6.07) is 8.66. The molecule has 1 aromatic carbocycles. The molecule has 0 atom stereocenters. The number of aromatic hydroxyl groups is 1. The zero-order valence-corrected chi connectivity index (χ0v) is 15.6. The summed E-state index contributed by atoms with van der Waals surface area (Å²) in [4.78, 5) is 22.4. The van der Waals surface area contributed by atoms with Gasteiger partial charge in [-0.1, -0.05) is 6.08 Å². The molecule has 3 aromatic rings. The number of fused-ring (bicyclic) bond motifs is 2. The quantitative estimate of drug-likeness (QED) is 0.719. The Kier molecular flexibility index (Phi) is 3.82. The lowest BCUT2D eigenvalue weighted by Gasteiger charge is -2.35. The normalized spacial score (nSPS) is 16.4. The average Bonchev–Trinajstić information content (AvgIpc) is 3.33. The van der Waals surface area contributed by atoms with Crippen LogP contribution in [0.1, 0.15) is 22.5 Å². The molecule has 1 amide bonds. The van der Waals surface area contributed by atoms with Gasteiger partial charge in [-0.25, -0.2) is 4.98 Å². The van der Waals surface area contributed by atoms with Crippen molar-refractivity contribution in [2.24, 2.45) is 0 Å². The Morgan fingerprint density at radius 3 is 2.82 bits per heavy atom. The van der Waals surface area contributed by atoms with Gasteiger partial charge >= 0.3 is 0 Å². The number of piperazine rings is 1. The largest absolute Gasteiger partial charge is 0.508 e. The number of amides is 1. The Labute approximate surface area is 162 Å². The first-order valence-corrected chi connectivity index (χ1v) is 9.48. The highest BCUT2D eigenvalue weighted by atomic mass is 16.3. The van der Waals surface area contributed by atoms with E-state index in [1.807, 2.05) is 17.9 Å². The van der Waals surface area contributed by atoms with Crippen LogP contribution in [-0.2, 0) is 0 Å². The second-order valence-electron chi connectivity index (χ2n) is 7.35. The van der Waals surface area contributed by atoms with Crippen molar-refractivity contribution >= 4 is 16.9 Å². The van der Waals surface area contributed by atoms with Crippen LogP contribution in [0.4, 0.5) is 0 Å². The predicted octanol–water partition coefficient (Wildman–Crippen LogP) is 2.68. The molecule has 0 radical (unpaired) electrons. The van der Waals surface area contributed by atoms with Crippen LogP contribution >= 0.6 is 0 Å². The van der Waals surface area contributed by atoms with E-state index < -0.39 is 0 Å². The first-order chi connectivity index (χ1) is 13.6. The number of phenols is 1. The Morgan fingerprint density at radius 2 is 2.00 bits per heavy atom. The van der Waals surface area contributed by atoms with Gasteiger partial charge < -0.3 is 14.9 Å². The number of hydrogen-bond donors (Lipinski definition) is 2. The molecular formula is C21H21N5O2. The predicted molar refractivity (Wildman–Crippen MR) is 106 cm³/mol. The number of rotatable bonds is 2. The van der Waals surface area contributed by atoms with Crippen molar-refractivity contribution in [3.63, 3.8) is 0 Å². The van der Waals surface area contributed by atoms with E-state index in [-0.39, 0.29) is 11.7 Å². The molecular weight excluding hydrogens is 354 g/mol. The van der Waals surface area contributed by atoms with Crippen LogP contribution < -0.4 is 0 Å². The number of H-pyrrole nitrogens is 1. The van der Waals surface area contributed by atoms with Gasteiger partial charge in [-0.15, -0.1) is 0 Å². The maximum absolute atomic E-state index is 13.5. The Morgan fingerprint density at radius 1 is 1.18 bits per heavy atom. The van der Waals surface area contributed by atoms with Gasteiger partial charge in [0.25, 0.3) is 5.91 Å². The minimum Gasteiger partial charge on any atom is -0.508 e. The highest BCUT2D eigenvalue weighted by Gasteiger charge is 2.29. The first kappa shape index (κ1) is 16.8. The third-order valence-electron chi connectivity index (χ3n) is 5.56. The first-order valence-electron chi connectivity index (χ1n) is 9.48. The molecule has 0 saturated carbocycles. The van der Waals surface area contributed by atoms with Gasteiger partial charge in [-0.3, -0.25) is 9.89 Å². The SMILES string of the molecule is Cc1[nH]nc2nc(-c3ccc(O)cc3)cc(C(=O)N3CCN4CCC=C4C3)c12. The van der Waals surface area contributed by atoms with Gasteiger partial charge in [0.1, 0.15) is 5.75 Å². The van der Waals surface area contributed by atoms with Crippen LogP contribution in [0.2, 0.25) is 0 Å². The second-order valence-corrected chi connectivity index (χ2v) is 7.35. The number of aromatic amines is 1. The van der Waals surface area contributed by atoms with Gasteiger partial charge in [0.2, 0.25) is 0 Å². The number of aromatic nitrogens is 3. The van der Waals surface area contributed by atoms with Gasteiger partial charge in [0.05, 0.1) is 23.2 Å². The van der Waals surface area contributed by atoms with Crippen LogP contribution in [0.3, 0.4) is 0 Å². The summed E-state index contributed by atoms with van der Waals surface area (Å²) in [6.07, 6.45) is 3.29. The number of phenolic OH excluding ortho intramolecular Hbond substituents is 1. The van der Waals surface area contributed by atoms with E-state index in [1.165, 1.54) is 5.70 Å². The van der Waals surface area contributed by atoms with E-state index >= 15 is 0 Å². The molecule has 4 heterocycles. The van der Waals surface area contributed by atoms with Crippen molar-refractivity contribution in [3.8, 4) is 17.0 Å². The minimum absolute atomic E-state index is 0.00405. The third kappa shape index (κ3) is 2.70. The molecule has 1 saturated heterocycles. The van der Waals surface area contributed by atoms with E-state index in [2.05, 4.69) is 26.2 Å². The molecule has 142 valence electrons. The van der Waals surface area contributed by atoms with E-state index in [9.17, 15) is 9.90 Å². The summed E-state index contributed by atoms with van der Waals surface area (Å²) in [6.45, 7) is 5.20. The summed E-state index contributed by atoms with van der Waals surface area (Å²) in [7, 11) is 0. The third-order valence-corrected chi connectivity index (χ3v) is 5.56. The molecule has 2 aliphatic heterocycles. The van der Waals surface area contributed by atoms with Crippen molar-refractivity contribution in [1.82, 2.24) is 25.0 Å². The summed E-state index contributed by atoms with van der Waals surface area (Å²) < 4.78 is 0. The molecule has 2 N–H and O–H groups in total. The van der Waals surface area contributed by atoms with Crippen LogP contribution in [0.5, 0.6) is 5.75 Å². The van der Waals surface area contributed by atoms with Crippen LogP contribution in [0, 0.1) is 6.92 Å². The molecule has 0 unspecified atom stereocenters. The van der Waals surface area contributed by atoms with Crippen molar-refractivity contribution in [1.29, 1.82) is 0 Å². The second kappa shape index (κ2) is 6.37. The fourth-order valence-electron chi connectivity index (χ4n) is 4.06. The number of nitrogens with one attached hydrogen (secondary N) is 1. The Hall–Kier alpha value is -3.35. The molecule has 0 aliphatic carbocycles. The molecule has 1 fully saturated rings. The molecule has 28 heavy (non-hydrogen) atoms. The van der Waals surface area contributed by atoms with Crippen molar-refractivity contribution in [2.45, 2.75) is 13.3 Å². The highest BCUT2D eigenvalue weighted by molar-refractivity contribution is 6.07. The van der Waals surface area contributed by atoms with E-state index in [0.29, 0.717) is 30.0 Å². The van der Waals surface area contributed by atoms with Crippen LogP contribution in [0.15, 0.2) is 42.1 Å². The number of benzene rings is 1. The van der Waals surface area contributed by atoms with Gasteiger partial charge in [0, 0.05) is 36.6 Å². The average molecular weight is 375 g/mol. The van der Waals surface area contributed by atoms with E-state index in [4.69, 9.17) is 0 Å². The Bertz CT molecular complexity index is 1100. The monoisotopic (exact) mass is 375 g/mol. The topological polar surface area (TPSA) is 85.3 Å². The highest BCUT2D eigenvalue weighted by Crippen LogP contribution is 2.29. The molecule has 0 spiro atoms. The van der Waals surface area contributed by atoms with Gasteiger partial charge in [-0.05, 0) is 43.7 Å². The van der Waals surface area contributed by atoms with Crippen molar-refractivity contribution in [3.05, 3.63) is 53.4 Å². The fraction of sp³-hybridized carbons (Fsp3) is 0.286. The lowest BCUT2D eigenvalue weighted by atomic mass is 10.0. The van der Waals surface area contributed by atoms with Gasteiger partial charge in [0.15, 0.2) is 5.65 Å². The number of aryl methyl sites for hydroxylation is 1. The Balaban J connectivity index is 1.58. The molecule has 5 rings (SSSR count). The van der Waals surface area contributed by atoms with E-state index in [0.717, 1.165) is 36.2 Å². The zero-order chi connectivity index (χ0) is 19.3. The van der Waals surface area contributed by atoms with Crippen molar-refractivity contribution < 1.29 is 9.90 Å². The standard InChI is InChI=1S/C21H21N5O2/c1-13-19-17(21(28)26-10-9-25-8-2-3-15(25)12-26)11-18(22-20(19)24-23-13)14-4-6-16(27)7-5-14/h3-7,11,27H,2,8-10,12H2,1H3,(H,22,23,24). The lowest BCUT2D eigenvalue weighted by Crippen LogP contribution is -2.46. The van der Waals surface area contributed by atoms with Gasteiger partial charge in [-0.2, -0.15) is 5.10 Å². The zero-order valence-electron chi connectivity index (χ0n) is 15.6. The summed E-state index contributed by atoms with van der Waals surface area (Å²) >= 11 is 0. The molecule has 0 bridgehead atoms. The number of carbonyl (C=O) groups is 1. The molecule has 2 aromatic heterocycles.